The zero-order valence-electron chi connectivity index (χ0n) is 14.6. The van der Waals surface area contributed by atoms with Crippen LogP contribution < -0.4 is 10.2 Å². The van der Waals surface area contributed by atoms with E-state index in [1.807, 2.05) is 56.3 Å². The van der Waals surface area contributed by atoms with Crippen LogP contribution in [0.2, 0.25) is 0 Å². The Hall–Kier alpha value is -3.27. The van der Waals surface area contributed by atoms with Crippen molar-refractivity contribution < 1.29 is 13.6 Å². The minimum absolute atomic E-state index is 0.166. The molecule has 0 N–H and O–H groups in total. The van der Waals surface area contributed by atoms with Gasteiger partial charge in [0, 0.05) is 0 Å². The van der Waals surface area contributed by atoms with Crippen molar-refractivity contribution >= 4 is 11.0 Å². The summed E-state index contributed by atoms with van der Waals surface area (Å²) >= 11 is 0. The molecule has 2 aromatic carbocycles. The molecule has 0 atom stereocenters. The van der Waals surface area contributed by atoms with Crippen molar-refractivity contribution in [2.24, 2.45) is 0 Å². The van der Waals surface area contributed by atoms with Crippen LogP contribution in [-0.4, -0.2) is 0 Å². The van der Waals surface area contributed by atoms with Gasteiger partial charge in [-0.15, -0.1) is 0 Å². The van der Waals surface area contributed by atoms with Crippen molar-refractivity contribution in [3.8, 4) is 17.3 Å². The summed E-state index contributed by atoms with van der Waals surface area (Å²) < 4.78 is 17.4. The van der Waals surface area contributed by atoms with Gasteiger partial charge >= 0.3 is 0 Å². The van der Waals surface area contributed by atoms with Crippen LogP contribution in [0.25, 0.3) is 22.5 Å². The summed E-state index contributed by atoms with van der Waals surface area (Å²) in [6.07, 6.45) is 1.54. The van der Waals surface area contributed by atoms with Crippen LogP contribution in [0.1, 0.15) is 16.7 Å². The highest BCUT2D eigenvalue weighted by Gasteiger charge is 2.20. The van der Waals surface area contributed by atoms with E-state index in [0.717, 1.165) is 16.7 Å². The Kier molecular flexibility index (Phi) is 4.09. The van der Waals surface area contributed by atoms with E-state index >= 15 is 0 Å². The van der Waals surface area contributed by atoms with Crippen molar-refractivity contribution in [3.63, 3.8) is 0 Å². The molecule has 0 bridgehead atoms. The number of rotatable bonds is 4. The van der Waals surface area contributed by atoms with E-state index in [1.54, 1.807) is 18.4 Å². The molecule has 4 nitrogen and oxygen atoms in total. The predicted molar refractivity (Wildman–Crippen MR) is 100 cm³/mol. The lowest BCUT2D eigenvalue weighted by atomic mass is 10.1. The van der Waals surface area contributed by atoms with Crippen molar-refractivity contribution in [2.45, 2.75) is 20.5 Å². The topological polar surface area (TPSA) is 52.6 Å². The minimum atomic E-state index is -0.198. The number of benzene rings is 2. The van der Waals surface area contributed by atoms with E-state index in [4.69, 9.17) is 13.6 Å². The van der Waals surface area contributed by atoms with Crippen LogP contribution in [0.3, 0.4) is 0 Å². The third kappa shape index (κ3) is 2.90. The number of furan rings is 1. The van der Waals surface area contributed by atoms with E-state index in [0.29, 0.717) is 22.5 Å². The number of ether oxygens (including phenoxy) is 1. The summed E-state index contributed by atoms with van der Waals surface area (Å²) in [5.41, 5.74) is 3.39. The molecular formula is C22H18O4. The maximum absolute atomic E-state index is 13.1. The van der Waals surface area contributed by atoms with Crippen molar-refractivity contribution in [2.75, 3.05) is 0 Å². The summed E-state index contributed by atoms with van der Waals surface area (Å²) in [4.78, 5) is 13.1. The van der Waals surface area contributed by atoms with Crippen LogP contribution in [0, 0.1) is 13.8 Å². The fourth-order valence-corrected chi connectivity index (χ4v) is 2.86. The lowest BCUT2D eigenvalue weighted by Gasteiger charge is -2.11. The molecule has 130 valence electrons. The van der Waals surface area contributed by atoms with Gasteiger partial charge in [-0.1, -0.05) is 30.3 Å². The quantitative estimate of drug-likeness (QED) is 0.506. The highest BCUT2D eigenvalue weighted by Crippen LogP contribution is 2.32. The Morgan fingerprint density at radius 2 is 1.73 bits per heavy atom. The lowest BCUT2D eigenvalue weighted by Crippen LogP contribution is -2.10. The zero-order valence-corrected chi connectivity index (χ0v) is 14.6. The van der Waals surface area contributed by atoms with Crippen LogP contribution in [0.4, 0.5) is 0 Å². The van der Waals surface area contributed by atoms with E-state index in [-0.39, 0.29) is 17.8 Å². The number of hydrogen-bond acceptors (Lipinski definition) is 4. The van der Waals surface area contributed by atoms with Crippen molar-refractivity contribution in [3.05, 3.63) is 87.8 Å². The van der Waals surface area contributed by atoms with E-state index in [2.05, 4.69) is 0 Å². The number of fused-ring (bicyclic) bond motifs is 1. The van der Waals surface area contributed by atoms with Gasteiger partial charge in [-0.2, -0.15) is 0 Å². The van der Waals surface area contributed by atoms with Gasteiger partial charge in [-0.3, -0.25) is 4.79 Å². The maximum Gasteiger partial charge on any atom is 0.235 e. The Balaban J connectivity index is 1.88. The molecule has 26 heavy (non-hydrogen) atoms. The van der Waals surface area contributed by atoms with Gasteiger partial charge in [-0.05, 0) is 54.8 Å². The molecule has 4 aromatic rings. The first-order valence-corrected chi connectivity index (χ1v) is 8.42. The van der Waals surface area contributed by atoms with Crippen LogP contribution in [0.15, 0.2) is 74.5 Å². The summed E-state index contributed by atoms with van der Waals surface area (Å²) in [6.45, 7) is 4.23. The summed E-state index contributed by atoms with van der Waals surface area (Å²) in [6, 6.07) is 16.9. The average Bonchev–Trinajstić information content (AvgIpc) is 3.18. The molecule has 0 aliphatic carbocycles. The Morgan fingerprint density at radius 1 is 0.962 bits per heavy atom. The maximum atomic E-state index is 13.1. The van der Waals surface area contributed by atoms with Crippen molar-refractivity contribution in [1.29, 1.82) is 0 Å². The van der Waals surface area contributed by atoms with E-state index in [9.17, 15) is 4.79 Å². The van der Waals surface area contributed by atoms with E-state index < -0.39 is 0 Å². The molecule has 0 radical (unpaired) electrons. The molecule has 4 rings (SSSR count). The summed E-state index contributed by atoms with van der Waals surface area (Å²) in [5, 5.41) is 0.506. The molecule has 0 saturated heterocycles. The number of aryl methyl sites for hydroxylation is 2. The van der Waals surface area contributed by atoms with Crippen LogP contribution in [0.5, 0.6) is 5.75 Å². The first-order valence-electron chi connectivity index (χ1n) is 8.42. The van der Waals surface area contributed by atoms with Gasteiger partial charge < -0.3 is 13.6 Å². The van der Waals surface area contributed by atoms with E-state index in [1.165, 1.54) is 0 Å². The standard InChI is InChI=1S/C22H18O4/c1-14-11-17-19(12-15(14)2)26-21(18-9-6-10-24-18)22(20(17)23)25-13-16-7-4-3-5-8-16/h3-12H,13H2,1-2H3. The Labute approximate surface area is 150 Å². The normalized spacial score (nSPS) is 11.0. The van der Waals surface area contributed by atoms with Gasteiger partial charge in [0.2, 0.25) is 16.9 Å². The van der Waals surface area contributed by atoms with Gasteiger partial charge in [0.05, 0.1) is 11.6 Å². The summed E-state index contributed by atoms with van der Waals surface area (Å²) in [7, 11) is 0. The van der Waals surface area contributed by atoms with Gasteiger partial charge in [0.15, 0.2) is 5.76 Å². The lowest BCUT2D eigenvalue weighted by molar-refractivity contribution is 0.296. The third-order valence-electron chi connectivity index (χ3n) is 4.44. The van der Waals surface area contributed by atoms with Crippen molar-refractivity contribution in [1.82, 2.24) is 0 Å². The monoisotopic (exact) mass is 346 g/mol. The predicted octanol–water partition coefficient (Wildman–Crippen LogP) is 5.25. The van der Waals surface area contributed by atoms with Crippen LogP contribution in [-0.2, 0) is 6.61 Å². The second kappa shape index (κ2) is 6.56. The van der Waals surface area contributed by atoms with Gasteiger partial charge in [-0.25, -0.2) is 0 Å². The molecule has 0 spiro atoms. The second-order valence-electron chi connectivity index (χ2n) is 6.27. The molecule has 4 heteroatoms. The fraction of sp³-hybridized carbons (Fsp3) is 0.136. The highest BCUT2D eigenvalue weighted by molar-refractivity contribution is 5.82. The second-order valence-corrected chi connectivity index (χ2v) is 6.27. The smallest absolute Gasteiger partial charge is 0.235 e. The first-order chi connectivity index (χ1) is 12.6. The van der Waals surface area contributed by atoms with Gasteiger partial charge in [0.25, 0.3) is 0 Å². The van der Waals surface area contributed by atoms with Crippen LogP contribution >= 0.6 is 0 Å². The fourth-order valence-electron chi connectivity index (χ4n) is 2.86. The average molecular weight is 346 g/mol. The zero-order chi connectivity index (χ0) is 18.1. The Morgan fingerprint density at radius 3 is 2.46 bits per heavy atom. The third-order valence-corrected chi connectivity index (χ3v) is 4.44. The number of hydrogen-bond donors (Lipinski definition) is 0. The SMILES string of the molecule is Cc1cc2oc(-c3ccco3)c(OCc3ccccc3)c(=O)c2cc1C. The molecule has 0 saturated carbocycles. The molecule has 0 amide bonds. The molecular weight excluding hydrogens is 328 g/mol. The largest absolute Gasteiger partial charge is 0.481 e. The molecule has 2 heterocycles. The summed E-state index contributed by atoms with van der Waals surface area (Å²) in [5.74, 6) is 0.941. The van der Waals surface area contributed by atoms with Gasteiger partial charge in [0.1, 0.15) is 12.2 Å². The highest BCUT2D eigenvalue weighted by atomic mass is 16.5. The Bertz CT molecular complexity index is 1110. The molecule has 2 aromatic heterocycles. The molecule has 0 aliphatic heterocycles. The molecule has 0 fully saturated rings. The minimum Gasteiger partial charge on any atom is -0.481 e. The first kappa shape index (κ1) is 16.2. The molecule has 0 unspecified atom stereocenters. The molecule has 0 aliphatic rings.